The Bertz CT molecular complexity index is 740. The van der Waals surface area contributed by atoms with E-state index >= 15 is 0 Å². The largest absolute Gasteiger partial charge is 0.481 e. The average Bonchev–Trinajstić information content (AvgIpc) is 2.93. The van der Waals surface area contributed by atoms with Gasteiger partial charge in [-0.25, -0.2) is 9.07 Å². The molecule has 0 N–H and O–H groups in total. The van der Waals surface area contributed by atoms with Gasteiger partial charge in [0.2, 0.25) is 5.88 Å². The summed E-state index contributed by atoms with van der Waals surface area (Å²) in [6, 6.07) is 14.0. The molecule has 3 aromatic rings. The van der Waals surface area contributed by atoms with E-state index in [1.807, 2.05) is 18.2 Å². The minimum absolute atomic E-state index is 0.255. The Kier molecular flexibility index (Phi) is 3.64. The van der Waals surface area contributed by atoms with Gasteiger partial charge in [-0.05, 0) is 18.2 Å². The summed E-state index contributed by atoms with van der Waals surface area (Å²) in [5.74, 6) is 0.313. The van der Waals surface area contributed by atoms with Crippen molar-refractivity contribution in [1.29, 1.82) is 0 Å². The molecular weight excluding hydrogens is 269 g/mol. The van der Waals surface area contributed by atoms with E-state index in [4.69, 9.17) is 4.74 Å². The van der Waals surface area contributed by atoms with E-state index in [0.29, 0.717) is 23.7 Å². The Morgan fingerprint density at radius 2 is 1.90 bits per heavy atom. The summed E-state index contributed by atoms with van der Waals surface area (Å²) in [7, 11) is 1.57. The van der Waals surface area contributed by atoms with Gasteiger partial charge >= 0.3 is 0 Å². The fourth-order valence-corrected chi connectivity index (χ4v) is 2.10. The van der Waals surface area contributed by atoms with Crippen molar-refractivity contribution in [3.8, 4) is 17.3 Å². The van der Waals surface area contributed by atoms with Crippen molar-refractivity contribution >= 4 is 0 Å². The number of ether oxygens (including phenoxy) is 1. The summed E-state index contributed by atoms with van der Waals surface area (Å²) in [4.78, 5) is 4.26. The van der Waals surface area contributed by atoms with Crippen LogP contribution in [-0.2, 0) is 6.54 Å². The molecule has 0 aliphatic carbocycles. The van der Waals surface area contributed by atoms with Crippen LogP contribution < -0.4 is 4.74 Å². The predicted molar refractivity (Wildman–Crippen MR) is 77.5 cm³/mol. The first-order chi connectivity index (χ1) is 10.3. The van der Waals surface area contributed by atoms with E-state index < -0.39 is 0 Å². The minimum Gasteiger partial charge on any atom is -0.481 e. The average molecular weight is 283 g/mol. The number of methoxy groups -OCH3 is 1. The molecule has 0 bridgehead atoms. The van der Waals surface area contributed by atoms with E-state index in [9.17, 15) is 4.39 Å². The molecule has 1 aromatic carbocycles. The maximum absolute atomic E-state index is 13.7. The molecule has 4 nitrogen and oxygen atoms in total. The number of aromatic nitrogens is 3. The van der Waals surface area contributed by atoms with Gasteiger partial charge in [0.25, 0.3) is 0 Å². The fourth-order valence-electron chi connectivity index (χ4n) is 2.10. The van der Waals surface area contributed by atoms with Crippen LogP contribution in [0.5, 0.6) is 5.88 Å². The molecule has 0 aliphatic heterocycles. The van der Waals surface area contributed by atoms with Crippen molar-refractivity contribution < 1.29 is 9.13 Å². The summed E-state index contributed by atoms with van der Waals surface area (Å²) in [5, 5.41) is 4.45. The van der Waals surface area contributed by atoms with E-state index in [1.54, 1.807) is 42.3 Å². The third kappa shape index (κ3) is 2.76. The monoisotopic (exact) mass is 283 g/mol. The smallest absolute Gasteiger partial charge is 0.212 e. The standard InChI is InChI=1S/C16H14FN3O/c1-21-16-10-15(14-8-4-5-9-18-14)19-20(16)11-12-6-2-3-7-13(12)17/h2-10H,11H2,1H3. The zero-order valence-electron chi connectivity index (χ0n) is 11.5. The molecule has 0 amide bonds. The van der Waals surface area contributed by atoms with Gasteiger partial charge in [0.05, 0.1) is 19.3 Å². The van der Waals surface area contributed by atoms with Crippen LogP contribution in [0.15, 0.2) is 54.7 Å². The molecule has 0 radical (unpaired) electrons. The number of rotatable bonds is 4. The number of hydrogen-bond donors (Lipinski definition) is 0. The van der Waals surface area contributed by atoms with Gasteiger partial charge in [-0.3, -0.25) is 4.98 Å². The Balaban J connectivity index is 1.96. The van der Waals surface area contributed by atoms with Crippen LogP contribution >= 0.6 is 0 Å². The SMILES string of the molecule is COc1cc(-c2ccccn2)nn1Cc1ccccc1F. The fraction of sp³-hybridized carbons (Fsp3) is 0.125. The summed E-state index contributed by atoms with van der Waals surface area (Å²) in [6.07, 6.45) is 1.71. The van der Waals surface area contributed by atoms with Gasteiger partial charge in [-0.1, -0.05) is 24.3 Å². The molecule has 3 rings (SSSR count). The quantitative estimate of drug-likeness (QED) is 0.738. The van der Waals surface area contributed by atoms with E-state index in [0.717, 1.165) is 5.69 Å². The van der Waals surface area contributed by atoms with Crippen LogP contribution in [0, 0.1) is 5.82 Å². The molecule has 2 aromatic heterocycles. The number of benzene rings is 1. The summed E-state index contributed by atoms with van der Waals surface area (Å²) in [6.45, 7) is 0.308. The van der Waals surface area contributed by atoms with E-state index in [-0.39, 0.29) is 5.82 Å². The third-order valence-corrected chi connectivity index (χ3v) is 3.16. The zero-order valence-corrected chi connectivity index (χ0v) is 11.5. The molecule has 0 fully saturated rings. The lowest BCUT2D eigenvalue weighted by Gasteiger charge is -2.06. The first-order valence-corrected chi connectivity index (χ1v) is 6.54. The van der Waals surface area contributed by atoms with Crippen molar-refractivity contribution in [2.45, 2.75) is 6.54 Å². The Morgan fingerprint density at radius 3 is 2.62 bits per heavy atom. The first kappa shape index (κ1) is 13.3. The second-order valence-electron chi connectivity index (χ2n) is 4.54. The highest BCUT2D eigenvalue weighted by Gasteiger charge is 2.12. The van der Waals surface area contributed by atoms with Crippen molar-refractivity contribution in [3.05, 3.63) is 66.1 Å². The molecule has 5 heteroatoms. The second-order valence-corrected chi connectivity index (χ2v) is 4.54. The van der Waals surface area contributed by atoms with Gasteiger partial charge in [-0.15, -0.1) is 0 Å². The van der Waals surface area contributed by atoms with Gasteiger partial charge in [-0.2, -0.15) is 5.10 Å². The number of halogens is 1. The normalized spacial score (nSPS) is 10.6. The molecule has 21 heavy (non-hydrogen) atoms. The highest BCUT2D eigenvalue weighted by atomic mass is 19.1. The molecule has 0 atom stereocenters. The van der Waals surface area contributed by atoms with Crippen LogP contribution in [0.25, 0.3) is 11.4 Å². The maximum Gasteiger partial charge on any atom is 0.212 e. The molecule has 0 spiro atoms. The molecule has 0 aliphatic rings. The lowest BCUT2D eigenvalue weighted by atomic mass is 10.2. The van der Waals surface area contributed by atoms with Crippen LogP contribution in [0.2, 0.25) is 0 Å². The summed E-state index contributed by atoms with van der Waals surface area (Å²) >= 11 is 0. The van der Waals surface area contributed by atoms with Crippen LogP contribution in [0.1, 0.15) is 5.56 Å². The van der Waals surface area contributed by atoms with Crippen molar-refractivity contribution in [3.63, 3.8) is 0 Å². The number of pyridine rings is 1. The summed E-state index contributed by atoms with van der Waals surface area (Å²) < 4.78 is 20.7. The van der Waals surface area contributed by atoms with Crippen LogP contribution in [0.3, 0.4) is 0 Å². The predicted octanol–water partition coefficient (Wildman–Crippen LogP) is 3.14. The number of nitrogens with zero attached hydrogens (tertiary/aromatic N) is 3. The van der Waals surface area contributed by atoms with E-state index in [1.165, 1.54) is 6.07 Å². The van der Waals surface area contributed by atoms with Gasteiger partial charge < -0.3 is 4.74 Å². The maximum atomic E-state index is 13.7. The first-order valence-electron chi connectivity index (χ1n) is 6.54. The highest BCUT2D eigenvalue weighted by Crippen LogP contribution is 2.22. The molecule has 2 heterocycles. The third-order valence-electron chi connectivity index (χ3n) is 3.16. The Morgan fingerprint density at radius 1 is 1.10 bits per heavy atom. The van der Waals surface area contributed by atoms with E-state index in [2.05, 4.69) is 10.1 Å². The highest BCUT2D eigenvalue weighted by molar-refractivity contribution is 5.55. The molecule has 0 saturated heterocycles. The van der Waals surface area contributed by atoms with Gasteiger partial charge in [0, 0.05) is 17.8 Å². The Hall–Kier alpha value is -2.69. The van der Waals surface area contributed by atoms with Crippen LogP contribution in [-0.4, -0.2) is 21.9 Å². The number of hydrogen-bond acceptors (Lipinski definition) is 3. The van der Waals surface area contributed by atoms with Crippen molar-refractivity contribution in [1.82, 2.24) is 14.8 Å². The van der Waals surface area contributed by atoms with Crippen molar-refractivity contribution in [2.75, 3.05) is 7.11 Å². The minimum atomic E-state index is -0.255. The lowest BCUT2D eigenvalue weighted by molar-refractivity contribution is 0.365. The Labute approximate surface area is 121 Å². The van der Waals surface area contributed by atoms with Gasteiger partial charge in [0.1, 0.15) is 11.5 Å². The lowest BCUT2D eigenvalue weighted by Crippen LogP contribution is -2.05. The molecule has 0 unspecified atom stereocenters. The second kappa shape index (κ2) is 5.75. The van der Waals surface area contributed by atoms with Crippen molar-refractivity contribution in [2.24, 2.45) is 0 Å². The summed E-state index contributed by atoms with van der Waals surface area (Å²) in [5.41, 5.74) is 2.01. The molecule has 106 valence electrons. The molecular formula is C16H14FN3O. The topological polar surface area (TPSA) is 39.9 Å². The van der Waals surface area contributed by atoms with Gasteiger partial charge in [0.15, 0.2) is 0 Å². The molecule has 0 saturated carbocycles. The zero-order chi connectivity index (χ0) is 14.7. The van der Waals surface area contributed by atoms with Crippen LogP contribution in [0.4, 0.5) is 4.39 Å².